The highest BCUT2D eigenvalue weighted by molar-refractivity contribution is 7.87. The number of carbonyl (C=O) groups is 2. The van der Waals surface area contributed by atoms with E-state index in [9.17, 15) is 18.0 Å². The predicted octanol–water partition coefficient (Wildman–Crippen LogP) is 0.808. The molecule has 0 bridgehead atoms. The highest BCUT2D eigenvalue weighted by Crippen LogP contribution is 2.23. The van der Waals surface area contributed by atoms with E-state index in [1.54, 1.807) is 0 Å². The molecule has 0 unspecified atom stereocenters. The fourth-order valence-corrected chi connectivity index (χ4v) is 2.63. The van der Waals surface area contributed by atoms with Crippen LogP contribution in [-0.4, -0.2) is 37.2 Å². The summed E-state index contributed by atoms with van der Waals surface area (Å²) in [5.41, 5.74) is -1.27. The summed E-state index contributed by atoms with van der Waals surface area (Å²) in [4.78, 5) is 21.0. The Morgan fingerprint density at radius 3 is 1.94 bits per heavy atom. The molecule has 1 rings (SSSR count). The van der Waals surface area contributed by atoms with Crippen molar-refractivity contribution in [3.05, 3.63) is 29.3 Å². The first-order chi connectivity index (χ1) is 8.31. The Morgan fingerprint density at radius 2 is 1.61 bits per heavy atom. The van der Waals surface area contributed by atoms with E-state index in [2.05, 4.69) is 4.18 Å². The Labute approximate surface area is 103 Å². The van der Waals surface area contributed by atoms with Gasteiger partial charge in [0, 0.05) is 0 Å². The first-order valence-corrected chi connectivity index (χ1v) is 6.21. The van der Waals surface area contributed by atoms with Crippen molar-refractivity contribution < 1.29 is 32.4 Å². The fourth-order valence-electron chi connectivity index (χ4n) is 1.36. The van der Waals surface area contributed by atoms with Crippen molar-refractivity contribution in [2.24, 2.45) is 0 Å². The Morgan fingerprint density at radius 1 is 1.17 bits per heavy atom. The van der Waals surface area contributed by atoms with Crippen LogP contribution in [0.3, 0.4) is 0 Å². The Bertz CT molecular complexity index is 556. The lowest BCUT2D eigenvalue weighted by Crippen LogP contribution is -2.17. The van der Waals surface area contributed by atoms with Gasteiger partial charge in [0.15, 0.2) is 0 Å². The third-order valence-corrected chi connectivity index (χ3v) is 3.48. The summed E-state index contributed by atoms with van der Waals surface area (Å²) in [6.45, 7) is 1.16. The van der Waals surface area contributed by atoms with Crippen molar-refractivity contribution in [2.45, 2.75) is 11.8 Å². The predicted molar refractivity (Wildman–Crippen MR) is 59.2 cm³/mol. The van der Waals surface area contributed by atoms with E-state index in [-0.39, 0.29) is 6.61 Å². The van der Waals surface area contributed by atoms with Crippen LogP contribution < -0.4 is 0 Å². The molecule has 2 N–H and O–H groups in total. The van der Waals surface area contributed by atoms with Gasteiger partial charge in [-0.1, -0.05) is 6.07 Å². The van der Waals surface area contributed by atoms with Gasteiger partial charge in [-0.3, -0.25) is 4.18 Å². The highest BCUT2D eigenvalue weighted by Gasteiger charge is 2.29. The zero-order chi connectivity index (χ0) is 13.9. The minimum absolute atomic E-state index is 0.227. The summed E-state index contributed by atoms with van der Waals surface area (Å²) in [7, 11) is -4.42. The molecule has 18 heavy (non-hydrogen) atoms. The lowest BCUT2D eigenvalue weighted by atomic mass is 10.1. The third kappa shape index (κ3) is 2.66. The number of benzene rings is 1. The molecule has 0 heterocycles. The van der Waals surface area contributed by atoms with Gasteiger partial charge in [0.25, 0.3) is 10.1 Å². The third-order valence-electron chi connectivity index (χ3n) is 2.00. The number of aromatic carboxylic acids is 2. The Kier molecular flexibility index (Phi) is 4.04. The summed E-state index contributed by atoms with van der Waals surface area (Å²) in [6.07, 6.45) is 0. The molecule has 0 aliphatic rings. The van der Waals surface area contributed by atoms with Crippen molar-refractivity contribution in [2.75, 3.05) is 6.61 Å². The molecule has 0 saturated carbocycles. The van der Waals surface area contributed by atoms with Crippen molar-refractivity contribution in [3.63, 3.8) is 0 Å². The second-order valence-electron chi connectivity index (χ2n) is 3.15. The summed E-state index contributed by atoms with van der Waals surface area (Å²) in [5.74, 6) is -3.09. The molecule has 0 aromatic heterocycles. The van der Waals surface area contributed by atoms with Gasteiger partial charge >= 0.3 is 11.9 Å². The molecule has 1 aromatic rings. The van der Waals surface area contributed by atoms with Crippen LogP contribution in [0.15, 0.2) is 23.1 Å². The molecule has 0 aliphatic carbocycles. The average Bonchev–Trinajstić information content (AvgIpc) is 2.27. The van der Waals surface area contributed by atoms with Crippen LogP contribution in [0.25, 0.3) is 0 Å². The highest BCUT2D eigenvalue weighted by atomic mass is 32.2. The topological polar surface area (TPSA) is 118 Å². The van der Waals surface area contributed by atoms with Gasteiger partial charge in [0.1, 0.15) is 4.90 Å². The van der Waals surface area contributed by atoms with Gasteiger partial charge in [0.2, 0.25) is 0 Å². The summed E-state index contributed by atoms with van der Waals surface area (Å²) in [5, 5.41) is 17.8. The standard InChI is InChI=1S/C10H10O7S/c1-2-17-18(15,16)8-6(9(11)12)4-3-5-7(8)10(13)14/h3-5H,2H2,1H3,(H,11,12)(H,13,14). The molecule has 98 valence electrons. The van der Waals surface area contributed by atoms with Crippen molar-refractivity contribution in [1.29, 1.82) is 0 Å². The minimum Gasteiger partial charge on any atom is -0.478 e. The van der Waals surface area contributed by atoms with E-state index in [4.69, 9.17) is 10.2 Å². The smallest absolute Gasteiger partial charge is 0.337 e. The number of carboxylic acids is 2. The van der Waals surface area contributed by atoms with Gasteiger partial charge in [-0.15, -0.1) is 0 Å². The van der Waals surface area contributed by atoms with Crippen LogP contribution in [0.1, 0.15) is 27.6 Å². The van der Waals surface area contributed by atoms with Gasteiger partial charge in [-0.2, -0.15) is 8.42 Å². The van der Waals surface area contributed by atoms with Gasteiger partial charge in [-0.05, 0) is 19.1 Å². The Balaban J connectivity index is 3.66. The maximum absolute atomic E-state index is 11.7. The molecule has 0 spiro atoms. The molecule has 0 aliphatic heterocycles. The zero-order valence-corrected chi connectivity index (χ0v) is 10.1. The van der Waals surface area contributed by atoms with E-state index >= 15 is 0 Å². The summed E-state index contributed by atoms with van der Waals surface area (Å²) >= 11 is 0. The molecule has 0 saturated heterocycles. The first kappa shape index (κ1) is 14.1. The maximum atomic E-state index is 11.7. The van der Waals surface area contributed by atoms with E-state index in [1.165, 1.54) is 6.92 Å². The molecule has 8 heteroatoms. The van der Waals surface area contributed by atoms with Crippen LogP contribution in [0.5, 0.6) is 0 Å². The van der Waals surface area contributed by atoms with Crippen molar-refractivity contribution >= 4 is 22.1 Å². The molecule has 0 amide bonds. The number of rotatable bonds is 5. The first-order valence-electron chi connectivity index (χ1n) is 4.80. The number of carboxylic acid groups (broad SMARTS) is 2. The molecule has 0 fully saturated rings. The van der Waals surface area contributed by atoms with E-state index in [0.29, 0.717) is 0 Å². The summed E-state index contributed by atoms with van der Waals surface area (Å²) < 4.78 is 27.9. The van der Waals surface area contributed by atoms with Crippen LogP contribution in [0, 0.1) is 0 Å². The number of hydrogen-bond donors (Lipinski definition) is 2. The lowest BCUT2D eigenvalue weighted by molar-refractivity contribution is 0.0688. The van der Waals surface area contributed by atoms with Crippen LogP contribution >= 0.6 is 0 Å². The molecule has 0 radical (unpaired) electrons. The van der Waals surface area contributed by atoms with Crippen molar-refractivity contribution in [1.82, 2.24) is 0 Å². The van der Waals surface area contributed by atoms with Gasteiger partial charge in [-0.25, -0.2) is 9.59 Å². The molecule has 1 aromatic carbocycles. The second-order valence-corrected chi connectivity index (χ2v) is 4.71. The average molecular weight is 274 g/mol. The van der Waals surface area contributed by atoms with Gasteiger partial charge < -0.3 is 10.2 Å². The Hall–Kier alpha value is -1.93. The quantitative estimate of drug-likeness (QED) is 0.762. The number of hydrogen-bond acceptors (Lipinski definition) is 5. The minimum atomic E-state index is -4.42. The largest absolute Gasteiger partial charge is 0.478 e. The fraction of sp³-hybridized carbons (Fsp3) is 0.200. The van der Waals surface area contributed by atoms with E-state index in [1.807, 2.05) is 0 Å². The molecule has 7 nitrogen and oxygen atoms in total. The van der Waals surface area contributed by atoms with Crippen molar-refractivity contribution in [3.8, 4) is 0 Å². The summed E-state index contributed by atoms with van der Waals surface area (Å²) in [6, 6.07) is 3.15. The monoisotopic (exact) mass is 274 g/mol. The SMILES string of the molecule is CCOS(=O)(=O)c1c(C(=O)O)cccc1C(=O)O. The lowest BCUT2D eigenvalue weighted by Gasteiger charge is -2.09. The maximum Gasteiger partial charge on any atom is 0.337 e. The normalized spacial score (nSPS) is 11.2. The van der Waals surface area contributed by atoms with Gasteiger partial charge in [0.05, 0.1) is 17.7 Å². The molecular formula is C10H10O7S. The zero-order valence-electron chi connectivity index (χ0n) is 9.28. The second kappa shape index (κ2) is 5.15. The van der Waals surface area contributed by atoms with Crippen LogP contribution in [-0.2, 0) is 14.3 Å². The van der Waals surface area contributed by atoms with E-state index in [0.717, 1.165) is 18.2 Å². The van der Waals surface area contributed by atoms with Crippen LogP contribution in [0.2, 0.25) is 0 Å². The van der Waals surface area contributed by atoms with Crippen LogP contribution in [0.4, 0.5) is 0 Å². The molecule has 0 atom stereocenters. The van der Waals surface area contributed by atoms with E-state index < -0.39 is 38.1 Å². The molecular weight excluding hydrogens is 264 g/mol.